The summed E-state index contributed by atoms with van der Waals surface area (Å²) in [4.78, 5) is 163. The Morgan fingerprint density at radius 1 is 0.453 bits per heavy atom. The van der Waals surface area contributed by atoms with Crippen molar-refractivity contribution in [2.45, 2.75) is 217 Å². The third-order valence-electron chi connectivity index (χ3n) is 15.6. The number of primary amides is 1. The molecule has 0 rings (SSSR count). The molecule has 0 saturated carbocycles. The van der Waals surface area contributed by atoms with E-state index >= 15 is 14.4 Å². The zero-order valence-corrected chi connectivity index (χ0v) is 57.0. The lowest BCUT2D eigenvalue weighted by Gasteiger charge is -2.41. The average Bonchev–Trinajstić information content (AvgIpc) is 3.29. The summed E-state index contributed by atoms with van der Waals surface area (Å²) < 4.78 is 0. The van der Waals surface area contributed by atoms with Crippen LogP contribution in [0.15, 0.2) is 12.2 Å². The third-order valence-corrected chi connectivity index (χ3v) is 15.6. The van der Waals surface area contributed by atoms with Crippen LogP contribution in [0, 0.1) is 47.3 Å². The summed E-state index contributed by atoms with van der Waals surface area (Å²) in [6.07, 6.45) is 4.00. The van der Waals surface area contributed by atoms with Crippen LogP contribution in [0.3, 0.4) is 0 Å². The van der Waals surface area contributed by atoms with Crippen LogP contribution in [-0.2, 0) is 52.7 Å². The van der Waals surface area contributed by atoms with Gasteiger partial charge in [0.25, 0.3) is 0 Å². The molecular weight excluding hydrogens is 1100 g/mol. The van der Waals surface area contributed by atoms with Crippen molar-refractivity contribution < 1.29 is 57.8 Å². The Balaban J connectivity index is 7.18. The molecule has 0 aliphatic carbocycles. The predicted molar refractivity (Wildman–Crippen MR) is 335 cm³/mol. The van der Waals surface area contributed by atoms with Gasteiger partial charge in [-0.2, -0.15) is 0 Å². The third kappa shape index (κ3) is 24.9. The molecule has 86 heavy (non-hydrogen) atoms. The summed E-state index contributed by atoms with van der Waals surface area (Å²) in [5.41, 5.74) is 5.24. The Morgan fingerprint density at radius 3 is 1.33 bits per heavy atom. The highest BCUT2D eigenvalue weighted by atomic mass is 16.3. The number of aliphatic hydroxyl groups excluding tert-OH is 1. The predicted octanol–water partition coefficient (Wildman–Crippen LogP) is 3.89. The zero-order chi connectivity index (χ0) is 67.1. The summed E-state index contributed by atoms with van der Waals surface area (Å²) in [7, 11) is 10.0. The Morgan fingerprint density at radius 2 is 0.884 bits per heavy atom. The Labute approximate surface area is 516 Å². The van der Waals surface area contributed by atoms with Gasteiger partial charge >= 0.3 is 0 Å². The molecule has 2 unspecified atom stereocenters. The molecule has 0 aliphatic rings. The number of amides is 11. The van der Waals surface area contributed by atoms with E-state index in [1.165, 1.54) is 68.8 Å². The average molecular weight is 1220 g/mol. The summed E-state index contributed by atoms with van der Waals surface area (Å²) >= 11 is 0. The lowest BCUT2D eigenvalue weighted by atomic mass is 9.91. The van der Waals surface area contributed by atoms with E-state index in [2.05, 4.69) is 16.0 Å². The molecule has 0 fully saturated rings. The molecule has 11 atom stereocenters. The van der Waals surface area contributed by atoms with Crippen molar-refractivity contribution in [2.75, 3.05) is 62.4 Å². The molecule has 0 heterocycles. The number of nitrogens with two attached hydrogens (primary N) is 1. The minimum atomic E-state index is -1.59. The van der Waals surface area contributed by atoms with Crippen LogP contribution in [0.2, 0.25) is 0 Å². The topological polar surface area (TPSA) is 293 Å². The number of nitrogens with one attached hydrogen (secondary N) is 3. The van der Waals surface area contributed by atoms with Crippen molar-refractivity contribution in [2.24, 2.45) is 53.1 Å². The minimum Gasteiger partial charge on any atom is -0.390 e. The van der Waals surface area contributed by atoms with E-state index in [-0.39, 0.29) is 73.6 Å². The van der Waals surface area contributed by atoms with Crippen LogP contribution in [0.4, 0.5) is 0 Å². The molecular formula is C63H115N11O12. The van der Waals surface area contributed by atoms with Gasteiger partial charge in [0.1, 0.15) is 48.3 Å². The number of hydrogen-bond acceptors (Lipinski definition) is 12. The van der Waals surface area contributed by atoms with E-state index in [1.54, 1.807) is 53.8 Å². The SMILES string of the molecule is C/C=C/C[C@H](C)[C@H](O)C(C(=O)N[C@H](CC)C(=O)N(C)CC(=O)N(C)CC(N)=O)N(C)C(=O)[C@H](C(C)C)N(C)C(=O)[C@@H](CC(C)C)N(C)C(=O)[C@@H](CC(C)C)N(C)C(=O)[C@H](C)NC(=O)C(CC(C)C)NC(=O)[C@H](CC(C)C)N(C)C(=O)[C@@H](C)CC(C)C. The second-order valence-corrected chi connectivity index (χ2v) is 26.4. The maximum Gasteiger partial charge on any atom is 0.246 e. The van der Waals surface area contributed by atoms with Gasteiger partial charge < -0.3 is 61.1 Å². The number of hydrogen-bond donors (Lipinski definition) is 5. The zero-order valence-electron chi connectivity index (χ0n) is 57.0. The number of likely N-dealkylation sites (N-methyl/N-ethyl adjacent to an activating group) is 7. The molecule has 0 aromatic carbocycles. The van der Waals surface area contributed by atoms with Crippen molar-refractivity contribution in [3.8, 4) is 0 Å². The fourth-order valence-corrected chi connectivity index (χ4v) is 10.7. The second kappa shape index (κ2) is 37.5. The fraction of sp³-hybridized carbons (Fsp3) is 0.794. The summed E-state index contributed by atoms with van der Waals surface area (Å²) in [5, 5.41) is 20.3. The van der Waals surface area contributed by atoms with Crippen LogP contribution in [0.1, 0.15) is 163 Å². The van der Waals surface area contributed by atoms with E-state index in [0.717, 1.165) is 14.7 Å². The lowest BCUT2D eigenvalue weighted by Crippen LogP contribution is -2.63. The molecule has 0 spiro atoms. The van der Waals surface area contributed by atoms with Gasteiger partial charge in [0.15, 0.2) is 0 Å². The van der Waals surface area contributed by atoms with Crippen molar-refractivity contribution >= 4 is 65.0 Å². The number of carbonyl (C=O) groups excluding carboxylic acids is 11. The quantitative estimate of drug-likeness (QED) is 0.0554. The summed E-state index contributed by atoms with van der Waals surface area (Å²) in [5.74, 6) is -8.21. The molecule has 494 valence electrons. The van der Waals surface area contributed by atoms with Gasteiger partial charge in [-0.15, -0.1) is 0 Å². The van der Waals surface area contributed by atoms with Gasteiger partial charge in [-0.3, -0.25) is 52.7 Å². The first-order valence-corrected chi connectivity index (χ1v) is 30.9. The number of allylic oxidation sites excluding steroid dienone is 2. The van der Waals surface area contributed by atoms with E-state index in [1.807, 2.05) is 76.2 Å². The molecule has 0 aliphatic heterocycles. The standard InChI is InChI=1S/C63H115N11O12/c1-25-27-28-42(15)54(77)53(57(80)66-45(26-2)60(83)69(19)35-51(76)68(18)34-50(64)75)74(24)63(86)52(41(13)14)73(23)62(85)49(33-40(11)12)72(22)61(84)48(32-39(9)10)71(21)59(82)44(17)65-55(78)46(30-37(5)6)67-56(79)47(31-38(7)8)70(20)58(81)43(16)29-36(3)4/h25,27,36-49,52-54,77H,26,28-35H2,1-24H3,(H2,64,75)(H,65,78)(H,66,80)(H,67,79)/b27-25+/t42-,43-,44-,45+,46?,47-,48+,49+,52-,53?,54-/m0/s1. The Kier molecular flexibility index (Phi) is 34.9. The number of aliphatic hydroxyl groups is 1. The number of carbonyl (C=O) groups is 11. The molecule has 11 amide bonds. The second-order valence-electron chi connectivity index (χ2n) is 26.4. The van der Waals surface area contributed by atoms with Gasteiger partial charge in [0.2, 0.25) is 65.0 Å². The van der Waals surface area contributed by atoms with Gasteiger partial charge in [-0.05, 0) is 100 Å². The van der Waals surface area contributed by atoms with Crippen LogP contribution in [0.5, 0.6) is 0 Å². The number of nitrogens with zero attached hydrogens (tertiary/aromatic N) is 7. The van der Waals surface area contributed by atoms with E-state index < -0.39 is 132 Å². The lowest BCUT2D eigenvalue weighted by molar-refractivity contribution is -0.157. The monoisotopic (exact) mass is 1220 g/mol. The highest BCUT2D eigenvalue weighted by Crippen LogP contribution is 2.26. The van der Waals surface area contributed by atoms with Crippen molar-refractivity contribution in [1.29, 1.82) is 0 Å². The number of rotatable bonds is 37. The Bertz CT molecular complexity index is 2290. The van der Waals surface area contributed by atoms with Crippen LogP contribution in [0.25, 0.3) is 0 Å². The fourth-order valence-electron chi connectivity index (χ4n) is 10.7. The molecule has 23 nitrogen and oxygen atoms in total. The molecule has 0 aromatic heterocycles. The Hall–Kier alpha value is -6.13. The van der Waals surface area contributed by atoms with E-state index in [0.29, 0.717) is 19.3 Å². The maximum absolute atomic E-state index is 15.1. The van der Waals surface area contributed by atoms with Gasteiger partial charge in [-0.25, -0.2) is 0 Å². The van der Waals surface area contributed by atoms with Crippen molar-refractivity contribution in [3.05, 3.63) is 12.2 Å². The first-order valence-electron chi connectivity index (χ1n) is 30.9. The molecule has 23 heteroatoms. The van der Waals surface area contributed by atoms with Gasteiger partial charge in [0.05, 0.1) is 19.2 Å². The summed E-state index contributed by atoms with van der Waals surface area (Å²) in [6.45, 7) is 30.4. The van der Waals surface area contributed by atoms with Crippen molar-refractivity contribution in [1.82, 2.24) is 50.2 Å². The largest absolute Gasteiger partial charge is 0.390 e. The molecule has 6 N–H and O–H groups in total. The van der Waals surface area contributed by atoms with E-state index in [9.17, 15) is 43.5 Å². The highest BCUT2D eigenvalue weighted by molar-refractivity contribution is 5.98. The minimum absolute atomic E-state index is 0.0389. The molecule has 0 bridgehead atoms. The smallest absolute Gasteiger partial charge is 0.246 e. The molecule has 0 saturated heterocycles. The first kappa shape index (κ1) is 79.9. The van der Waals surface area contributed by atoms with Gasteiger partial charge in [-0.1, -0.05) is 116 Å². The maximum atomic E-state index is 15.1. The van der Waals surface area contributed by atoms with Crippen LogP contribution in [-0.4, -0.2) is 221 Å². The normalized spacial score (nSPS) is 15.6. The van der Waals surface area contributed by atoms with Crippen LogP contribution >= 0.6 is 0 Å². The first-order chi connectivity index (χ1) is 39.6. The van der Waals surface area contributed by atoms with Gasteiger partial charge in [0, 0.05) is 55.3 Å². The van der Waals surface area contributed by atoms with E-state index in [4.69, 9.17) is 5.73 Å². The van der Waals surface area contributed by atoms with Crippen molar-refractivity contribution in [3.63, 3.8) is 0 Å². The molecule has 0 aromatic rings. The highest BCUT2D eigenvalue weighted by Gasteiger charge is 2.45. The van der Waals surface area contributed by atoms with Crippen LogP contribution < -0.4 is 21.7 Å². The molecule has 0 radical (unpaired) electrons. The summed E-state index contributed by atoms with van der Waals surface area (Å²) in [6, 6.07) is -9.47.